The van der Waals surface area contributed by atoms with Gasteiger partial charge in [0.05, 0.1) is 12.3 Å². The van der Waals surface area contributed by atoms with E-state index in [-0.39, 0.29) is 0 Å². The first-order valence-corrected chi connectivity index (χ1v) is 8.10. The molecule has 0 aliphatic carbocycles. The summed E-state index contributed by atoms with van der Waals surface area (Å²) in [6.07, 6.45) is 4.40. The Kier molecular flexibility index (Phi) is 4.42. The minimum Gasteiger partial charge on any atom is -0.376 e. The van der Waals surface area contributed by atoms with Crippen LogP contribution in [-0.4, -0.2) is 38.4 Å². The molecule has 2 N–H and O–H groups in total. The van der Waals surface area contributed by atoms with E-state index in [0.29, 0.717) is 15.6 Å². The van der Waals surface area contributed by atoms with Crippen molar-refractivity contribution in [3.05, 3.63) is 32.6 Å². The number of hydrogen-bond donors (Lipinski definition) is 2. The quantitative estimate of drug-likeness (QED) is 0.666. The normalized spacial score (nSPS) is 18.5. The lowest BCUT2D eigenvalue weighted by Crippen LogP contribution is -2.16. The third kappa shape index (κ3) is 2.99. The average molecular weight is 337 g/mol. The lowest BCUT2D eigenvalue weighted by atomic mass is 10.2. The van der Waals surface area contributed by atoms with Crippen LogP contribution < -0.4 is 0 Å². The van der Waals surface area contributed by atoms with E-state index in [1.165, 1.54) is 16.1 Å². The highest BCUT2D eigenvalue weighted by molar-refractivity contribution is 7.72. The summed E-state index contributed by atoms with van der Waals surface area (Å²) in [7, 11) is 0. The highest BCUT2D eigenvalue weighted by Gasteiger charge is 2.18. The highest BCUT2D eigenvalue weighted by atomic mass is 32.1. The lowest BCUT2D eigenvalue weighted by molar-refractivity contribution is 0.0962. The van der Waals surface area contributed by atoms with Crippen molar-refractivity contribution >= 4 is 30.7 Å². The van der Waals surface area contributed by atoms with Crippen molar-refractivity contribution in [3.8, 4) is 0 Å². The van der Waals surface area contributed by atoms with Gasteiger partial charge in [0, 0.05) is 30.1 Å². The maximum atomic E-state index is 5.73. The van der Waals surface area contributed by atoms with Crippen molar-refractivity contribution in [3.63, 3.8) is 0 Å². The number of rotatable bonds is 4. The molecule has 1 atom stereocenters. The molecule has 2 aromatic heterocycles. The molecule has 0 bridgehead atoms. The number of aromatic nitrogens is 4. The zero-order chi connectivity index (χ0) is 15.7. The van der Waals surface area contributed by atoms with Crippen LogP contribution in [-0.2, 0) is 11.3 Å². The van der Waals surface area contributed by atoms with E-state index >= 15 is 0 Å². The van der Waals surface area contributed by atoms with Crippen LogP contribution in [0.1, 0.15) is 29.8 Å². The number of aryl methyl sites for hydroxylation is 1. The van der Waals surface area contributed by atoms with Crippen molar-refractivity contribution < 1.29 is 4.74 Å². The van der Waals surface area contributed by atoms with Crippen LogP contribution in [0.25, 0.3) is 0 Å². The summed E-state index contributed by atoms with van der Waals surface area (Å²) in [4.78, 5) is 0. The number of aromatic amines is 2. The predicted octanol–water partition coefficient (Wildman–Crippen LogP) is 3.08. The van der Waals surface area contributed by atoms with Gasteiger partial charge in [-0.25, -0.2) is 0 Å². The third-order valence-electron chi connectivity index (χ3n) is 4.00. The first-order valence-electron chi connectivity index (χ1n) is 7.28. The molecule has 0 spiro atoms. The van der Waals surface area contributed by atoms with Crippen LogP contribution in [0.4, 0.5) is 0 Å². The van der Waals surface area contributed by atoms with Gasteiger partial charge < -0.3 is 9.30 Å². The van der Waals surface area contributed by atoms with E-state index in [1.54, 1.807) is 6.21 Å². The minimum atomic E-state index is 0.321. The Morgan fingerprint density at radius 3 is 2.73 bits per heavy atom. The molecule has 3 heterocycles. The summed E-state index contributed by atoms with van der Waals surface area (Å²) in [5.41, 5.74) is 3.44. The second-order valence-corrected chi connectivity index (χ2v) is 6.26. The van der Waals surface area contributed by atoms with Gasteiger partial charge in [0.2, 0.25) is 9.54 Å². The van der Waals surface area contributed by atoms with Crippen LogP contribution in [0, 0.1) is 23.4 Å². The molecular weight excluding hydrogens is 318 g/mol. The van der Waals surface area contributed by atoms with E-state index in [2.05, 4.69) is 39.8 Å². The molecule has 6 nitrogen and oxygen atoms in total. The largest absolute Gasteiger partial charge is 0.376 e. The summed E-state index contributed by atoms with van der Waals surface area (Å²) in [5.74, 6) is 0. The highest BCUT2D eigenvalue weighted by Crippen LogP contribution is 2.19. The zero-order valence-corrected chi connectivity index (χ0v) is 14.3. The van der Waals surface area contributed by atoms with Crippen molar-refractivity contribution in [2.75, 3.05) is 6.61 Å². The fourth-order valence-corrected chi connectivity index (χ4v) is 3.20. The Bertz CT molecular complexity index is 777. The second-order valence-electron chi connectivity index (χ2n) is 5.49. The van der Waals surface area contributed by atoms with Gasteiger partial charge in [0.15, 0.2) is 0 Å². The van der Waals surface area contributed by atoms with Gasteiger partial charge in [-0.2, -0.15) is 9.78 Å². The van der Waals surface area contributed by atoms with Crippen LogP contribution in [0.2, 0.25) is 0 Å². The van der Waals surface area contributed by atoms with Gasteiger partial charge in [-0.3, -0.25) is 10.2 Å². The smallest absolute Gasteiger partial charge is 0.215 e. The molecule has 0 amide bonds. The SMILES string of the molecule is Cc1cc(/C=N\n2c(=S)[nH][nH]c2=S)c(C)n1C[C@@H]1CCCO1. The first kappa shape index (κ1) is 15.4. The molecule has 1 aliphatic rings. The standard InChI is InChI=1S/C14H19N5OS2/c1-9-6-11(7-15-19-13(21)16-17-14(19)22)10(2)18(9)8-12-4-3-5-20-12/h6-7,12H,3-5,8H2,1-2H3,(H,16,21)(H,17,22)/b15-7-/t12-/m0/s1. The van der Waals surface area contributed by atoms with Crippen LogP contribution in [0.15, 0.2) is 11.2 Å². The van der Waals surface area contributed by atoms with Gasteiger partial charge in [0.1, 0.15) is 0 Å². The predicted molar refractivity (Wildman–Crippen MR) is 90.7 cm³/mol. The molecule has 3 rings (SSSR count). The molecule has 1 aliphatic heterocycles. The lowest BCUT2D eigenvalue weighted by Gasteiger charge is -2.14. The van der Waals surface area contributed by atoms with Crippen molar-refractivity contribution in [1.29, 1.82) is 0 Å². The maximum Gasteiger partial charge on any atom is 0.215 e. The van der Waals surface area contributed by atoms with Crippen LogP contribution in [0.5, 0.6) is 0 Å². The summed E-state index contributed by atoms with van der Waals surface area (Å²) in [6, 6.07) is 2.12. The van der Waals surface area contributed by atoms with E-state index < -0.39 is 0 Å². The van der Waals surface area contributed by atoms with Gasteiger partial charge >= 0.3 is 0 Å². The van der Waals surface area contributed by atoms with Crippen molar-refractivity contribution in [2.24, 2.45) is 5.10 Å². The second kappa shape index (κ2) is 6.31. The minimum absolute atomic E-state index is 0.321. The average Bonchev–Trinajstić information content (AvgIpc) is 3.17. The van der Waals surface area contributed by atoms with Crippen molar-refractivity contribution in [1.82, 2.24) is 19.4 Å². The molecule has 0 unspecified atom stereocenters. The Morgan fingerprint density at radius 1 is 1.36 bits per heavy atom. The summed E-state index contributed by atoms with van der Waals surface area (Å²) < 4.78 is 10.4. The molecule has 0 saturated carbocycles. The molecule has 1 fully saturated rings. The molecule has 0 radical (unpaired) electrons. The Balaban J connectivity index is 1.86. The maximum absolute atomic E-state index is 5.73. The Hall–Kier alpha value is -1.51. The Morgan fingerprint density at radius 2 is 2.09 bits per heavy atom. The molecule has 22 heavy (non-hydrogen) atoms. The fourth-order valence-electron chi connectivity index (χ4n) is 2.76. The summed E-state index contributed by atoms with van der Waals surface area (Å²) in [5, 5.41) is 9.89. The summed E-state index contributed by atoms with van der Waals surface area (Å²) >= 11 is 10.2. The topological polar surface area (TPSA) is 63.0 Å². The number of nitrogens with one attached hydrogen (secondary N) is 2. The zero-order valence-electron chi connectivity index (χ0n) is 12.6. The molecule has 1 saturated heterocycles. The number of nitrogens with zero attached hydrogens (tertiary/aromatic N) is 3. The van der Waals surface area contributed by atoms with Gasteiger partial charge in [0.25, 0.3) is 0 Å². The monoisotopic (exact) mass is 337 g/mol. The molecule has 0 aromatic carbocycles. The van der Waals surface area contributed by atoms with Gasteiger partial charge in [-0.05, 0) is 57.2 Å². The molecule has 8 heteroatoms. The van der Waals surface area contributed by atoms with Gasteiger partial charge in [-0.15, -0.1) is 0 Å². The van der Waals surface area contributed by atoms with Gasteiger partial charge in [-0.1, -0.05) is 0 Å². The van der Waals surface area contributed by atoms with E-state index in [9.17, 15) is 0 Å². The van der Waals surface area contributed by atoms with E-state index in [0.717, 1.165) is 31.6 Å². The molecular formula is C14H19N5OS2. The Labute approximate surface area is 138 Å². The van der Waals surface area contributed by atoms with Crippen LogP contribution in [0.3, 0.4) is 0 Å². The number of hydrogen-bond acceptors (Lipinski definition) is 4. The first-order chi connectivity index (χ1) is 10.6. The number of H-pyrrole nitrogens is 2. The number of ether oxygens (including phenoxy) is 1. The third-order valence-corrected chi connectivity index (χ3v) is 4.55. The molecule has 118 valence electrons. The summed E-state index contributed by atoms with van der Waals surface area (Å²) in [6.45, 7) is 5.98. The fraction of sp³-hybridized carbons (Fsp3) is 0.500. The molecule has 2 aromatic rings. The van der Waals surface area contributed by atoms with Crippen LogP contribution >= 0.6 is 24.4 Å². The van der Waals surface area contributed by atoms with E-state index in [1.807, 2.05) is 0 Å². The van der Waals surface area contributed by atoms with E-state index in [4.69, 9.17) is 29.2 Å². The van der Waals surface area contributed by atoms with Crippen molar-refractivity contribution in [2.45, 2.75) is 39.3 Å².